The van der Waals surface area contributed by atoms with Gasteiger partial charge in [-0.3, -0.25) is 9.50 Å². The predicted molar refractivity (Wildman–Crippen MR) is 67.6 cm³/mol. The lowest BCUT2D eigenvalue weighted by molar-refractivity contribution is 0.907. The van der Waals surface area contributed by atoms with Gasteiger partial charge in [0.15, 0.2) is 0 Å². The van der Waals surface area contributed by atoms with Crippen molar-refractivity contribution >= 4 is 27.5 Å². The summed E-state index contributed by atoms with van der Waals surface area (Å²) in [5, 5.41) is 6.70. The summed E-state index contributed by atoms with van der Waals surface area (Å²) in [4.78, 5) is 9.57. The molecule has 1 N–H and O–H groups in total. The number of nitrogens with one attached hydrogen (secondary N) is 1. The Morgan fingerprint density at radius 1 is 1.28 bits per heavy atom. The molecule has 0 aliphatic carbocycles. The van der Waals surface area contributed by atoms with Crippen LogP contribution in [-0.4, -0.2) is 28.9 Å². The molecule has 4 rings (SSSR count). The monoisotopic (exact) mass is 256 g/mol. The highest BCUT2D eigenvalue weighted by molar-refractivity contribution is 7.11. The van der Waals surface area contributed by atoms with Crippen molar-refractivity contribution in [2.75, 3.05) is 0 Å². The van der Waals surface area contributed by atoms with Crippen LogP contribution in [0.2, 0.25) is 0 Å². The molecule has 1 aromatic carbocycles. The molecule has 0 radical (unpaired) electrons. The Bertz CT molecular complexity index is 813. The highest BCUT2D eigenvalue weighted by atomic mass is 32.1. The van der Waals surface area contributed by atoms with Gasteiger partial charge in [-0.2, -0.15) is 9.47 Å². The van der Waals surface area contributed by atoms with Crippen LogP contribution in [0.5, 0.6) is 0 Å². The maximum atomic E-state index is 4.54. The Balaban J connectivity index is 1.95. The van der Waals surface area contributed by atoms with E-state index in [2.05, 4.69) is 28.9 Å². The van der Waals surface area contributed by atoms with E-state index >= 15 is 0 Å². The first-order valence-electron chi connectivity index (χ1n) is 5.48. The van der Waals surface area contributed by atoms with Gasteiger partial charge in [-0.25, -0.2) is 9.97 Å². The Labute approximate surface area is 105 Å². The Morgan fingerprint density at radius 3 is 3.11 bits per heavy atom. The predicted octanol–water partition coefficient (Wildman–Crippen LogP) is 1.65. The van der Waals surface area contributed by atoms with E-state index in [-0.39, 0.29) is 0 Å². The molecule has 0 saturated heterocycles. The molecule has 0 saturated carbocycles. The van der Waals surface area contributed by atoms with Crippen molar-refractivity contribution in [1.82, 2.24) is 28.9 Å². The van der Waals surface area contributed by atoms with Gasteiger partial charge in [-0.15, -0.1) is 0 Å². The molecule has 0 aliphatic heterocycles. The second kappa shape index (κ2) is 3.61. The summed E-state index contributed by atoms with van der Waals surface area (Å²) in [6, 6.07) is 8.05. The van der Waals surface area contributed by atoms with Crippen LogP contribution in [0.4, 0.5) is 0 Å². The minimum Gasteiger partial charge on any atom is -0.269 e. The van der Waals surface area contributed by atoms with Crippen molar-refractivity contribution in [2.45, 2.75) is 6.42 Å². The molecule has 6 nitrogen and oxygen atoms in total. The van der Waals surface area contributed by atoms with Crippen molar-refractivity contribution in [1.29, 1.82) is 0 Å². The van der Waals surface area contributed by atoms with E-state index in [1.54, 1.807) is 0 Å². The van der Waals surface area contributed by atoms with Crippen LogP contribution in [0, 0.1) is 0 Å². The topological polar surface area (TPSA) is 71.8 Å². The van der Waals surface area contributed by atoms with E-state index in [4.69, 9.17) is 0 Å². The summed E-state index contributed by atoms with van der Waals surface area (Å²) < 4.78 is 6.51. The maximum Gasteiger partial charge on any atom is 0.214 e. The number of aromatic amines is 1. The number of H-pyrrole nitrogens is 1. The molecular formula is C11H8N6S. The number of aromatic nitrogens is 6. The number of imidazole rings is 1. The molecule has 3 aromatic heterocycles. The van der Waals surface area contributed by atoms with Gasteiger partial charge in [0, 0.05) is 11.5 Å². The zero-order chi connectivity index (χ0) is 11.9. The van der Waals surface area contributed by atoms with E-state index in [0.29, 0.717) is 6.42 Å². The quantitative estimate of drug-likeness (QED) is 0.592. The van der Waals surface area contributed by atoms with E-state index in [1.807, 2.05) is 24.3 Å². The lowest BCUT2D eigenvalue weighted by Crippen LogP contribution is -1.97. The average Bonchev–Trinajstić information content (AvgIpc) is 3.07. The third kappa shape index (κ3) is 1.34. The van der Waals surface area contributed by atoms with Crippen LogP contribution >= 0.6 is 11.5 Å². The van der Waals surface area contributed by atoms with Gasteiger partial charge in [0.2, 0.25) is 4.96 Å². The van der Waals surface area contributed by atoms with E-state index in [9.17, 15) is 0 Å². The van der Waals surface area contributed by atoms with Gasteiger partial charge in [0.25, 0.3) is 0 Å². The molecule has 4 aromatic rings. The standard InChI is InChI=1S/C11H8N6S/c1-2-4-8-7(3-1)14-11-17(8)10(16-18-11)5-9-12-6-13-15-9/h1-4,6H,5H2,(H,12,13,15). The largest absolute Gasteiger partial charge is 0.269 e. The normalized spacial score (nSPS) is 11.6. The second-order valence-electron chi connectivity index (χ2n) is 3.93. The molecular weight excluding hydrogens is 248 g/mol. The molecule has 0 aliphatic rings. The fourth-order valence-corrected chi connectivity index (χ4v) is 2.78. The highest BCUT2D eigenvalue weighted by Gasteiger charge is 2.12. The summed E-state index contributed by atoms with van der Waals surface area (Å²) in [5.74, 6) is 1.74. The number of hydrogen-bond acceptors (Lipinski definition) is 5. The van der Waals surface area contributed by atoms with Gasteiger partial charge < -0.3 is 0 Å². The summed E-state index contributed by atoms with van der Waals surface area (Å²) in [6.07, 6.45) is 2.13. The average molecular weight is 256 g/mol. The van der Waals surface area contributed by atoms with Gasteiger partial charge in [-0.05, 0) is 12.1 Å². The van der Waals surface area contributed by atoms with Gasteiger partial charge in [0.1, 0.15) is 18.0 Å². The third-order valence-electron chi connectivity index (χ3n) is 2.81. The summed E-state index contributed by atoms with van der Waals surface area (Å²) in [5.41, 5.74) is 2.07. The SMILES string of the molecule is c1ccc2c(c1)nc1snc(Cc3ncn[nH]3)n12. The number of hydrogen-bond donors (Lipinski definition) is 1. The first-order valence-corrected chi connectivity index (χ1v) is 6.25. The van der Waals surface area contributed by atoms with E-state index in [1.165, 1.54) is 17.9 Å². The first kappa shape index (κ1) is 9.72. The minimum absolute atomic E-state index is 0.625. The van der Waals surface area contributed by atoms with Crippen molar-refractivity contribution in [2.24, 2.45) is 0 Å². The van der Waals surface area contributed by atoms with Gasteiger partial charge >= 0.3 is 0 Å². The molecule has 3 heterocycles. The molecule has 0 amide bonds. The molecule has 0 atom stereocenters. The number of fused-ring (bicyclic) bond motifs is 3. The van der Waals surface area contributed by atoms with Gasteiger partial charge in [0.05, 0.1) is 17.5 Å². The number of benzene rings is 1. The maximum absolute atomic E-state index is 4.54. The molecule has 88 valence electrons. The summed E-state index contributed by atoms with van der Waals surface area (Å²) >= 11 is 1.40. The molecule has 0 unspecified atom stereocenters. The third-order valence-corrected chi connectivity index (χ3v) is 3.55. The molecule has 0 fully saturated rings. The number of para-hydroxylation sites is 2. The molecule has 7 heteroatoms. The lowest BCUT2D eigenvalue weighted by Gasteiger charge is -1.95. The Kier molecular flexibility index (Phi) is 1.95. The van der Waals surface area contributed by atoms with Crippen LogP contribution in [0.15, 0.2) is 30.6 Å². The van der Waals surface area contributed by atoms with Crippen molar-refractivity contribution in [3.63, 3.8) is 0 Å². The zero-order valence-corrected chi connectivity index (χ0v) is 10.1. The fourth-order valence-electron chi connectivity index (χ4n) is 2.03. The van der Waals surface area contributed by atoms with Crippen LogP contribution in [0.25, 0.3) is 16.0 Å². The van der Waals surface area contributed by atoms with Crippen molar-refractivity contribution in [3.05, 3.63) is 42.2 Å². The van der Waals surface area contributed by atoms with Crippen molar-refractivity contribution in [3.8, 4) is 0 Å². The fraction of sp³-hybridized carbons (Fsp3) is 0.0909. The van der Waals surface area contributed by atoms with Crippen molar-refractivity contribution < 1.29 is 0 Å². The zero-order valence-electron chi connectivity index (χ0n) is 9.24. The lowest BCUT2D eigenvalue weighted by atomic mass is 10.3. The van der Waals surface area contributed by atoms with Gasteiger partial charge in [-0.1, -0.05) is 12.1 Å². The van der Waals surface area contributed by atoms with Crippen LogP contribution in [-0.2, 0) is 6.42 Å². The summed E-state index contributed by atoms with van der Waals surface area (Å²) in [6.45, 7) is 0. The first-order chi connectivity index (χ1) is 8.92. The molecule has 0 spiro atoms. The second-order valence-corrected chi connectivity index (χ2v) is 4.66. The van der Waals surface area contributed by atoms with E-state index in [0.717, 1.165) is 27.6 Å². The minimum atomic E-state index is 0.625. The van der Waals surface area contributed by atoms with E-state index < -0.39 is 0 Å². The van der Waals surface area contributed by atoms with Crippen LogP contribution < -0.4 is 0 Å². The molecule has 18 heavy (non-hydrogen) atoms. The van der Waals surface area contributed by atoms with Crippen LogP contribution in [0.3, 0.4) is 0 Å². The number of nitrogens with zero attached hydrogens (tertiary/aromatic N) is 5. The van der Waals surface area contributed by atoms with Crippen LogP contribution in [0.1, 0.15) is 11.6 Å². The Morgan fingerprint density at radius 2 is 2.22 bits per heavy atom. The Hall–Kier alpha value is -2.28. The molecule has 0 bridgehead atoms. The smallest absolute Gasteiger partial charge is 0.214 e. The summed E-state index contributed by atoms with van der Waals surface area (Å²) in [7, 11) is 0. The highest BCUT2D eigenvalue weighted by Crippen LogP contribution is 2.21. The number of rotatable bonds is 2.